The van der Waals surface area contributed by atoms with Crippen molar-refractivity contribution in [1.29, 1.82) is 0 Å². The molecule has 1 heterocycles. The molecule has 0 saturated carbocycles. The van der Waals surface area contributed by atoms with Crippen molar-refractivity contribution in [2.24, 2.45) is 0 Å². The van der Waals surface area contributed by atoms with Crippen LogP contribution in [0.4, 0.5) is 0 Å². The molecule has 0 spiro atoms. The van der Waals surface area contributed by atoms with Crippen LogP contribution in [0.5, 0.6) is 0 Å². The third-order valence-electron chi connectivity index (χ3n) is 2.84. The second kappa shape index (κ2) is 6.13. The maximum atomic E-state index is 12.0. The number of aromatic carboxylic acids is 1. The molecular formula is C11H18N4O3. The number of carboxylic acid groups (broad SMARTS) is 1. The molecule has 0 aliphatic heterocycles. The van der Waals surface area contributed by atoms with Crippen LogP contribution < -0.4 is 0 Å². The van der Waals surface area contributed by atoms with Crippen molar-refractivity contribution in [3.8, 4) is 0 Å². The molecule has 100 valence electrons. The molecule has 0 bridgehead atoms. The molecule has 0 fully saturated rings. The molecule has 1 N–H and O–H groups in total. The van der Waals surface area contributed by atoms with E-state index in [-0.39, 0.29) is 24.2 Å². The normalized spacial score (nSPS) is 12.2. The highest BCUT2D eigenvalue weighted by Crippen LogP contribution is 2.05. The summed E-state index contributed by atoms with van der Waals surface area (Å²) in [4.78, 5) is 24.4. The molecule has 1 aromatic rings. The standard InChI is InChI=1S/C11H18N4O3/c1-4-8(3)15(5-2)10(16)7-14-6-9(11(17)18)12-13-14/h6,8H,4-5,7H2,1-3H3,(H,17,18). The molecule has 1 amide bonds. The summed E-state index contributed by atoms with van der Waals surface area (Å²) in [6.45, 7) is 6.53. The van der Waals surface area contributed by atoms with E-state index >= 15 is 0 Å². The first-order valence-corrected chi connectivity index (χ1v) is 5.92. The number of aromatic nitrogens is 3. The molecule has 0 radical (unpaired) electrons. The predicted molar refractivity (Wildman–Crippen MR) is 64.1 cm³/mol. The van der Waals surface area contributed by atoms with E-state index in [4.69, 9.17) is 5.11 Å². The van der Waals surface area contributed by atoms with E-state index in [1.165, 1.54) is 10.9 Å². The number of hydrogen-bond donors (Lipinski definition) is 1. The zero-order chi connectivity index (χ0) is 13.7. The van der Waals surface area contributed by atoms with Gasteiger partial charge in [-0.1, -0.05) is 12.1 Å². The van der Waals surface area contributed by atoms with Gasteiger partial charge in [-0.3, -0.25) is 4.79 Å². The Morgan fingerprint density at radius 1 is 1.50 bits per heavy atom. The van der Waals surface area contributed by atoms with Gasteiger partial charge in [0.1, 0.15) is 6.54 Å². The molecular weight excluding hydrogens is 236 g/mol. The number of carbonyl (C=O) groups is 2. The Labute approximate surface area is 105 Å². The van der Waals surface area contributed by atoms with Gasteiger partial charge in [0.15, 0.2) is 5.69 Å². The summed E-state index contributed by atoms with van der Waals surface area (Å²) in [6, 6.07) is 0.157. The van der Waals surface area contributed by atoms with E-state index in [1.54, 1.807) is 4.90 Å². The summed E-state index contributed by atoms with van der Waals surface area (Å²) in [5, 5.41) is 15.8. The molecule has 0 aliphatic carbocycles. The van der Waals surface area contributed by atoms with Crippen LogP contribution in [0.3, 0.4) is 0 Å². The molecule has 1 aromatic heterocycles. The van der Waals surface area contributed by atoms with Gasteiger partial charge in [0, 0.05) is 12.6 Å². The van der Waals surface area contributed by atoms with Crippen molar-refractivity contribution in [2.45, 2.75) is 39.8 Å². The highest BCUT2D eigenvalue weighted by Gasteiger charge is 2.18. The molecule has 0 saturated heterocycles. The van der Waals surface area contributed by atoms with Crippen molar-refractivity contribution in [3.05, 3.63) is 11.9 Å². The van der Waals surface area contributed by atoms with Crippen LogP contribution in [0.1, 0.15) is 37.7 Å². The second-order valence-electron chi connectivity index (χ2n) is 4.04. The predicted octanol–water partition coefficient (Wildman–Crippen LogP) is 0.623. The number of nitrogens with zero attached hydrogens (tertiary/aromatic N) is 4. The fraction of sp³-hybridized carbons (Fsp3) is 0.636. The third kappa shape index (κ3) is 3.28. The first kappa shape index (κ1) is 14.1. The number of rotatable bonds is 6. The van der Waals surface area contributed by atoms with Crippen LogP contribution in [0.25, 0.3) is 0 Å². The molecule has 18 heavy (non-hydrogen) atoms. The van der Waals surface area contributed by atoms with E-state index in [2.05, 4.69) is 10.3 Å². The molecule has 7 heteroatoms. The van der Waals surface area contributed by atoms with Crippen molar-refractivity contribution < 1.29 is 14.7 Å². The van der Waals surface area contributed by atoms with Gasteiger partial charge in [0.05, 0.1) is 6.20 Å². The van der Waals surface area contributed by atoms with E-state index in [9.17, 15) is 9.59 Å². The van der Waals surface area contributed by atoms with Crippen molar-refractivity contribution in [2.75, 3.05) is 6.54 Å². The van der Waals surface area contributed by atoms with Crippen molar-refractivity contribution in [3.63, 3.8) is 0 Å². The highest BCUT2D eigenvalue weighted by molar-refractivity contribution is 5.84. The Morgan fingerprint density at radius 2 is 2.17 bits per heavy atom. The summed E-state index contributed by atoms with van der Waals surface area (Å²) in [5.41, 5.74) is -0.158. The average Bonchev–Trinajstić information content (AvgIpc) is 2.78. The van der Waals surface area contributed by atoms with Crippen LogP contribution in [-0.2, 0) is 11.3 Å². The minimum atomic E-state index is -1.15. The number of hydrogen-bond acceptors (Lipinski definition) is 4. The molecule has 1 atom stereocenters. The monoisotopic (exact) mass is 254 g/mol. The van der Waals surface area contributed by atoms with Crippen LogP contribution in [-0.4, -0.2) is 49.5 Å². The van der Waals surface area contributed by atoms with Gasteiger partial charge in [-0.05, 0) is 20.3 Å². The maximum absolute atomic E-state index is 12.0. The SMILES string of the molecule is CCC(C)N(CC)C(=O)Cn1cc(C(=O)O)nn1. The first-order chi connectivity index (χ1) is 8.49. The quantitative estimate of drug-likeness (QED) is 0.804. The Bertz CT molecular complexity index is 430. The molecule has 7 nitrogen and oxygen atoms in total. The number of likely N-dealkylation sites (N-methyl/N-ethyl adjacent to an activating group) is 1. The van der Waals surface area contributed by atoms with Gasteiger partial charge in [0.2, 0.25) is 5.91 Å². The third-order valence-corrected chi connectivity index (χ3v) is 2.84. The van der Waals surface area contributed by atoms with Crippen LogP contribution in [0.15, 0.2) is 6.20 Å². The van der Waals surface area contributed by atoms with Gasteiger partial charge in [-0.25, -0.2) is 9.48 Å². The lowest BCUT2D eigenvalue weighted by atomic mass is 10.2. The lowest BCUT2D eigenvalue weighted by Gasteiger charge is -2.27. The molecule has 0 aromatic carbocycles. The fourth-order valence-corrected chi connectivity index (χ4v) is 1.66. The Balaban J connectivity index is 2.70. The number of carbonyl (C=O) groups excluding carboxylic acids is 1. The van der Waals surface area contributed by atoms with Gasteiger partial charge >= 0.3 is 5.97 Å². The average molecular weight is 254 g/mol. The van der Waals surface area contributed by atoms with Gasteiger partial charge < -0.3 is 10.0 Å². The minimum absolute atomic E-state index is 0.0124. The van der Waals surface area contributed by atoms with Gasteiger partial charge in [-0.2, -0.15) is 0 Å². The van der Waals surface area contributed by atoms with Gasteiger partial charge in [-0.15, -0.1) is 5.10 Å². The second-order valence-corrected chi connectivity index (χ2v) is 4.04. The zero-order valence-corrected chi connectivity index (χ0v) is 10.8. The summed E-state index contributed by atoms with van der Waals surface area (Å²) >= 11 is 0. The minimum Gasteiger partial charge on any atom is -0.476 e. The Morgan fingerprint density at radius 3 is 2.61 bits per heavy atom. The van der Waals surface area contributed by atoms with E-state index in [0.717, 1.165) is 6.42 Å². The molecule has 0 aliphatic rings. The van der Waals surface area contributed by atoms with Crippen molar-refractivity contribution >= 4 is 11.9 Å². The van der Waals surface area contributed by atoms with Crippen LogP contribution in [0, 0.1) is 0 Å². The van der Waals surface area contributed by atoms with Crippen LogP contribution in [0.2, 0.25) is 0 Å². The summed E-state index contributed by atoms with van der Waals surface area (Å²) in [5.74, 6) is -1.24. The summed E-state index contributed by atoms with van der Waals surface area (Å²) in [7, 11) is 0. The fourth-order valence-electron chi connectivity index (χ4n) is 1.66. The summed E-state index contributed by atoms with van der Waals surface area (Å²) < 4.78 is 1.25. The Hall–Kier alpha value is -1.92. The van der Waals surface area contributed by atoms with E-state index < -0.39 is 5.97 Å². The van der Waals surface area contributed by atoms with Gasteiger partial charge in [0.25, 0.3) is 0 Å². The Kier molecular flexibility index (Phi) is 4.82. The lowest BCUT2D eigenvalue weighted by molar-refractivity contribution is -0.133. The smallest absolute Gasteiger partial charge is 0.358 e. The topological polar surface area (TPSA) is 88.3 Å². The van der Waals surface area contributed by atoms with E-state index in [0.29, 0.717) is 6.54 Å². The first-order valence-electron chi connectivity index (χ1n) is 5.92. The largest absolute Gasteiger partial charge is 0.476 e. The highest BCUT2D eigenvalue weighted by atomic mass is 16.4. The summed E-state index contributed by atoms with van der Waals surface area (Å²) in [6.07, 6.45) is 2.13. The molecule has 1 unspecified atom stereocenters. The zero-order valence-electron chi connectivity index (χ0n) is 10.8. The lowest BCUT2D eigenvalue weighted by Crippen LogP contribution is -2.40. The van der Waals surface area contributed by atoms with Crippen LogP contribution >= 0.6 is 0 Å². The number of amides is 1. The van der Waals surface area contributed by atoms with Crippen molar-refractivity contribution in [1.82, 2.24) is 19.9 Å². The number of carboxylic acids is 1. The maximum Gasteiger partial charge on any atom is 0.358 e. The molecule has 1 rings (SSSR count). The van der Waals surface area contributed by atoms with E-state index in [1.807, 2.05) is 20.8 Å².